The van der Waals surface area contributed by atoms with Gasteiger partial charge in [-0.25, -0.2) is 4.98 Å². The molecule has 23 heavy (non-hydrogen) atoms. The molecule has 1 aliphatic rings. The second kappa shape index (κ2) is 8.68. The minimum Gasteiger partial charge on any atom is -0.379 e. The van der Waals surface area contributed by atoms with Crippen molar-refractivity contribution in [2.24, 2.45) is 0 Å². The summed E-state index contributed by atoms with van der Waals surface area (Å²) < 4.78 is 5.36. The predicted molar refractivity (Wildman–Crippen MR) is 96.1 cm³/mol. The molecule has 0 radical (unpaired) electrons. The second-order valence-corrected chi connectivity index (χ2v) is 7.01. The molecule has 5 nitrogen and oxygen atoms in total. The Morgan fingerprint density at radius 1 is 1.35 bits per heavy atom. The maximum absolute atomic E-state index is 5.36. The van der Waals surface area contributed by atoms with Crippen LogP contribution in [-0.2, 0) is 11.3 Å². The van der Waals surface area contributed by atoms with Crippen molar-refractivity contribution in [3.8, 4) is 0 Å². The Hall–Kier alpha value is -1.08. The van der Waals surface area contributed by atoms with Crippen LogP contribution in [0.3, 0.4) is 0 Å². The number of hydrogen-bond acceptors (Lipinski definition) is 5. The summed E-state index contributed by atoms with van der Waals surface area (Å²) in [5.74, 6) is 2.18. The van der Waals surface area contributed by atoms with Crippen molar-refractivity contribution in [2.45, 2.75) is 24.8 Å². The second-order valence-electron chi connectivity index (χ2n) is 5.84. The van der Waals surface area contributed by atoms with Crippen molar-refractivity contribution >= 4 is 22.8 Å². The summed E-state index contributed by atoms with van der Waals surface area (Å²) in [5.41, 5.74) is 2.19. The molecule has 0 saturated carbocycles. The number of benzene rings is 1. The van der Waals surface area contributed by atoms with Crippen LogP contribution in [0.2, 0.25) is 0 Å². The summed E-state index contributed by atoms with van der Waals surface area (Å²) in [6, 6.07) is 6.49. The van der Waals surface area contributed by atoms with Crippen molar-refractivity contribution in [1.82, 2.24) is 20.2 Å². The molecule has 2 N–H and O–H groups in total. The van der Waals surface area contributed by atoms with Crippen LogP contribution in [0.15, 0.2) is 23.1 Å². The Kier molecular flexibility index (Phi) is 6.33. The Balaban J connectivity index is 1.47. The number of aromatic nitrogens is 2. The fraction of sp³-hybridized carbons (Fsp3) is 0.588. The molecule has 1 aromatic heterocycles. The lowest BCUT2D eigenvalue weighted by Gasteiger charge is -2.26. The van der Waals surface area contributed by atoms with Crippen LogP contribution in [0, 0.1) is 0 Å². The zero-order chi connectivity index (χ0) is 15.9. The van der Waals surface area contributed by atoms with Gasteiger partial charge in [0.1, 0.15) is 5.82 Å². The van der Waals surface area contributed by atoms with Crippen LogP contribution in [0.1, 0.15) is 19.2 Å². The summed E-state index contributed by atoms with van der Waals surface area (Å²) in [6.07, 6.45) is 1.20. The first-order valence-electron chi connectivity index (χ1n) is 8.47. The van der Waals surface area contributed by atoms with E-state index in [1.54, 1.807) is 0 Å². The first kappa shape index (κ1) is 16.8. The van der Waals surface area contributed by atoms with Crippen LogP contribution < -0.4 is 5.32 Å². The highest BCUT2D eigenvalue weighted by molar-refractivity contribution is 7.99. The number of imidazole rings is 1. The van der Waals surface area contributed by atoms with E-state index in [9.17, 15) is 0 Å². The van der Waals surface area contributed by atoms with E-state index in [4.69, 9.17) is 4.74 Å². The molecule has 1 fully saturated rings. The zero-order valence-corrected chi connectivity index (χ0v) is 14.6. The number of ether oxygens (including phenoxy) is 1. The quantitative estimate of drug-likeness (QED) is 0.574. The summed E-state index contributed by atoms with van der Waals surface area (Å²) in [7, 11) is 0. The fourth-order valence-corrected chi connectivity index (χ4v) is 3.51. The first-order chi connectivity index (χ1) is 11.3. The fourth-order valence-electron chi connectivity index (χ4n) is 2.70. The van der Waals surface area contributed by atoms with Gasteiger partial charge in [-0.3, -0.25) is 4.90 Å². The maximum atomic E-state index is 5.36. The van der Waals surface area contributed by atoms with Gasteiger partial charge in [0.15, 0.2) is 0 Å². The third-order valence-electron chi connectivity index (χ3n) is 3.98. The van der Waals surface area contributed by atoms with E-state index in [2.05, 4.69) is 45.3 Å². The van der Waals surface area contributed by atoms with Crippen LogP contribution in [-0.4, -0.2) is 60.0 Å². The van der Waals surface area contributed by atoms with E-state index in [1.165, 1.54) is 11.3 Å². The Morgan fingerprint density at radius 3 is 3.04 bits per heavy atom. The third-order valence-corrected chi connectivity index (χ3v) is 5.18. The molecule has 0 atom stereocenters. The molecule has 3 rings (SSSR count). The Morgan fingerprint density at radius 2 is 2.22 bits per heavy atom. The molecule has 0 amide bonds. The van der Waals surface area contributed by atoms with Crippen LogP contribution >= 0.6 is 11.8 Å². The van der Waals surface area contributed by atoms with Crippen molar-refractivity contribution in [1.29, 1.82) is 0 Å². The standard InChI is InChI=1S/C17H26N4OS/c1-2-11-23-14-3-4-15-16(12-14)20-17(19-15)13-18-5-6-21-7-9-22-10-8-21/h3-4,12,18H,2,5-11,13H2,1H3,(H,19,20). The summed E-state index contributed by atoms with van der Waals surface area (Å²) >= 11 is 1.90. The lowest BCUT2D eigenvalue weighted by atomic mass is 10.3. The van der Waals surface area contributed by atoms with Gasteiger partial charge in [0, 0.05) is 31.1 Å². The number of H-pyrrole nitrogens is 1. The molecular weight excluding hydrogens is 308 g/mol. The number of rotatable bonds is 8. The molecule has 0 spiro atoms. The molecule has 126 valence electrons. The molecule has 2 aromatic rings. The molecule has 1 aliphatic heterocycles. The minimum absolute atomic E-state index is 0.788. The molecule has 1 saturated heterocycles. The monoisotopic (exact) mass is 334 g/mol. The number of aromatic amines is 1. The van der Waals surface area contributed by atoms with E-state index in [1.807, 2.05) is 11.8 Å². The minimum atomic E-state index is 0.788. The van der Waals surface area contributed by atoms with Gasteiger partial charge >= 0.3 is 0 Å². The molecule has 0 aliphatic carbocycles. The largest absolute Gasteiger partial charge is 0.379 e. The van der Waals surface area contributed by atoms with Gasteiger partial charge in [0.2, 0.25) is 0 Å². The normalized spacial score (nSPS) is 16.2. The topological polar surface area (TPSA) is 53.2 Å². The van der Waals surface area contributed by atoms with Gasteiger partial charge in [0.25, 0.3) is 0 Å². The van der Waals surface area contributed by atoms with Crippen LogP contribution in [0.4, 0.5) is 0 Å². The molecular formula is C17H26N4OS. The smallest absolute Gasteiger partial charge is 0.121 e. The highest BCUT2D eigenvalue weighted by Crippen LogP contribution is 2.23. The van der Waals surface area contributed by atoms with E-state index >= 15 is 0 Å². The van der Waals surface area contributed by atoms with Gasteiger partial charge in [-0.05, 0) is 30.4 Å². The van der Waals surface area contributed by atoms with Crippen molar-refractivity contribution in [3.05, 3.63) is 24.0 Å². The van der Waals surface area contributed by atoms with Gasteiger partial charge in [-0.15, -0.1) is 11.8 Å². The van der Waals surface area contributed by atoms with Crippen LogP contribution in [0.5, 0.6) is 0 Å². The van der Waals surface area contributed by atoms with E-state index in [-0.39, 0.29) is 0 Å². The summed E-state index contributed by atoms with van der Waals surface area (Å²) in [6.45, 7) is 8.87. The molecule has 6 heteroatoms. The summed E-state index contributed by atoms with van der Waals surface area (Å²) in [4.78, 5) is 11.8. The lowest BCUT2D eigenvalue weighted by molar-refractivity contribution is 0.0384. The van der Waals surface area contributed by atoms with E-state index < -0.39 is 0 Å². The average molecular weight is 334 g/mol. The highest BCUT2D eigenvalue weighted by atomic mass is 32.2. The van der Waals surface area contributed by atoms with Crippen LogP contribution in [0.25, 0.3) is 11.0 Å². The number of hydrogen-bond donors (Lipinski definition) is 2. The molecule has 0 bridgehead atoms. The number of nitrogens with zero attached hydrogens (tertiary/aromatic N) is 2. The number of morpholine rings is 1. The zero-order valence-electron chi connectivity index (χ0n) is 13.8. The van der Waals surface area contributed by atoms with E-state index in [0.717, 1.165) is 68.5 Å². The van der Waals surface area contributed by atoms with Crippen molar-refractivity contribution in [3.63, 3.8) is 0 Å². The number of fused-ring (bicyclic) bond motifs is 1. The lowest BCUT2D eigenvalue weighted by Crippen LogP contribution is -2.40. The number of nitrogens with one attached hydrogen (secondary N) is 2. The highest BCUT2D eigenvalue weighted by Gasteiger charge is 2.09. The van der Waals surface area contributed by atoms with Gasteiger partial charge in [0.05, 0.1) is 30.8 Å². The average Bonchev–Trinajstić information content (AvgIpc) is 3.00. The SMILES string of the molecule is CCCSc1ccc2nc(CNCCN3CCOCC3)[nH]c2c1. The summed E-state index contributed by atoms with van der Waals surface area (Å²) in [5, 5.41) is 3.48. The Labute approximate surface area is 142 Å². The molecule has 2 heterocycles. The van der Waals surface area contributed by atoms with Gasteiger partial charge in [-0.1, -0.05) is 6.92 Å². The molecule has 1 aromatic carbocycles. The first-order valence-corrected chi connectivity index (χ1v) is 9.46. The predicted octanol–water partition coefficient (Wildman–Crippen LogP) is 2.49. The third kappa shape index (κ3) is 4.94. The maximum Gasteiger partial charge on any atom is 0.121 e. The van der Waals surface area contributed by atoms with Crippen molar-refractivity contribution < 1.29 is 4.74 Å². The Bertz CT molecular complexity index is 610. The van der Waals surface area contributed by atoms with Crippen molar-refractivity contribution in [2.75, 3.05) is 45.1 Å². The van der Waals surface area contributed by atoms with Gasteiger partial charge < -0.3 is 15.0 Å². The number of thioether (sulfide) groups is 1. The molecule has 0 unspecified atom stereocenters. The van der Waals surface area contributed by atoms with E-state index in [0.29, 0.717) is 0 Å². The van der Waals surface area contributed by atoms with Gasteiger partial charge in [-0.2, -0.15) is 0 Å².